The Kier molecular flexibility index (Phi) is 4.85. The van der Waals surface area contributed by atoms with Gasteiger partial charge in [0.25, 0.3) is 10.0 Å². The number of carboxylic acid groups (broad SMARTS) is 1. The molecule has 2 aromatic rings. The Labute approximate surface area is 132 Å². The summed E-state index contributed by atoms with van der Waals surface area (Å²) < 4.78 is 45.6. The van der Waals surface area contributed by atoms with Gasteiger partial charge in [0.1, 0.15) is 16.5 Å². The summed E-state index contributed by atoms with van der Waals surface area (Å²) in [6.07, 6.45) is 0. The van der Waals surface area contributed by atoms with Gasteiger partial charge in [-0.1, -0.05) is 6.07 Å². The monoisotopic (exact) mass is 338 g/mol. The molecule has 6 nitrogen and oxygen atoms in total. The Hall–Kier alpha value is -2.61. The summed E-state index contributed by atoms with van der Waals surface area (Å²) in [6.45, 7) is 2.27. The minimum absolute atomic E-state index is 0.187. The van der Waals surface area contributed by atoms with Crippen molar-refractivity contribution in [3.05, 3.63) is 53.8 Å². The zero-order valence-electron chi connectivity index (χ0n) is 12.1. The molecular weight excluding hydrogens is 325 g/mol. The van der Waals surface area contributed by atoms with Crippen molar-refractivity contribution in [1.29, 1.82) is 0 Å². The highest BCUT2D eigenvalue weighted by molar-refractivity contribution is 7.92. The predicted octanol–water partition coefficient (Wildman–Crippen LogP) is 1.39. The molecule has 0 atom stereocenters. The highest BCUT2D eigenvalue weighted by Crippen LogP contribution is 2.22. The highest BCUT2D eigenvalue weighted by atomic mass is 32.2. The van der Waals surface area contributed by atoms with Gasteiger partial charge in [-0.15, -0.1) is 0 Å². The van der Waals surface area contributed by atoms with Crippen LogP contribution in [0.1, 0.15) is 17.3 Å². The van der Waals surface area contributed by atoms with Crippen LogP contribution in [0.25, 0.3) is 0 Å². The largest absolute Gasteiger partial charge is 0.545 e. The molecular formula is C15H13FNO5S-. The lowest BCUT2D eigenvalue weighted by Crippen LogP contribution is -2.23. The molecule has 0 unspecified atom stereocenters. The van der Waals surface area contributed by atoms with Gasteiger partial charge in [-0.2, -0.15) is 0 Å². The molecule has 0 heterocycles. The van der Waals surface area contributed by atoms with E-state index in [1.165, 1.54) is 12.1 Å². The zero-order chi connectivity index (χ0) is 17.0. The van der Waals surface area contributed by atoms with E-state index in [0.717, 1.165) is 12.1 Å². The van der Waals surface area contributed by atoms with Crippen molar-refractivity contribution in [2.45, 2.75) is 11.8 Å². The van der Waals surface area contributed by atoms with Crippen molar-refractivity contribution in [2.75, 3.05) is 11.3 Å². The number of sulfonamides is 1. The summed E-state index contributed by atoms with van der Waals surface area (Å²) in [6, 6.07) is 8.40. The Bertz CT molecular complexity index is 818. The van der Waals surface area contributed by atoms with E-state index in [1.807, 2.05) is 6.92 Å². The maximum atomic E-state index is 13.7. The molecule has 0 aliphatic carbocycles. The van der Waals surface area contributed by atoms with Crippen LogP contribution in [0.5, 0.6) is 5.75 Å². The molecule has 0 aliphatic rings. The summed E-state index contributed by atoms with van der Waals surface area (Å²) in [4.78, 5) is 10.0. The van der Waals surface area contributed by atoms with Crippen LogP contribution in [-0.2, 0) is 10.0 Å². The average molecular weight is 338 g/mol. The third kappa shape index (κ3) is 3.98. The van der Waals surface area contributed by atoms with Crippen LogP contribution in [-0.4, -0.2) is 21.0 Å². The first-order chi connectivity index (χ1) is 10.8. The topological polar surface area (TPSA) is 95.5 Å². The molecule has 0 aromatic heterocycles. The van der Waals surface area contributed by atoms with Crippen molar-refractivity contribution in [3.63, 3.8) is 0 Å². The van der Waals surface area contributed by atoms with Gasteiger partial charge in [0.05, 0.1) is 12.6 Å². The Morgan fingerprint density at radius 3 is 2.43 bits per heavy atom. The van der Waals surface area contributed by atoms with E-state index >= 15 is 0 Å². The minimum atomic E-state index is -4.28. The number of hydrogen-bond donors (Lipinski definition) is 1. The zero-order valence-corrected chi connectivity index (χ0v) is 12.9. The molecule has 2 aromatic carbocycles. The van der Waals surface area contributed by atoms with Crippen LogP contribution >= 0.6 is 0 Å². The lowest BCUT2D eigenvalue weighted by atomic mass is 10.2. The lowest BCUT2D eigenvalue weighted by molar-refractivity contribution is -0.255. The second kappa shape index (κ2) is 6.66. The normalized spacial score (nSPS) is 11.0. The number of carbonyl (C=O) groups is 1. The van der Waals surface area contributed by atoms with Gasteiger partial charge in [0.2, 0.25) is 0 Å². The van der Waals surface area contributed by atoms with Crippen LogP contribution in [0.3, 0.4) is 0 Å². The van der Waals surface area contributed by atoms with Crippen LogP contribution in [0.4, 0.5) is 10.1 Å². The van der Waals surface area contributed by atoms with E-state index in [2.05, 4.69) is 4.72 Å². The van der Waals surface area contributed by atoms with Crippen LogP contribution < -0.4 is 14.6 Å². The molecule has 0 amide bonds. The number of halogens is 1. The molecule has 8 heteroatoms. The minimum Gasteiger partial charge on any atom is -0.545 e. The number of aromatic carboxylic acids is 1. The SMILES string of the molecule is CCOc1ccc(NS(=O)(=O)c2cc(C(=O)[O-])ccc2F)cc1. The number of benzene rings is 2. The van der Waals surface area contributed by atoms with E-state index in [9.17, 15) is 22.7 Å². The van der Waals surface area contributed by atoms with Gasteiger partial charge in [-0.05, 0) is 48.9 Å². The van der Waals surface area contributed by atoms with E-state index in [-0.39, 0.29) is 5.69 Å². The Morgan fingerprint density at radius 1 is 1.22 bits per heavy atom. The fraction of sp³-hybridized carbons (Fsp3) is 0.133. The first kappa shape index (κ1) is 16.8. The summed E-state index contributed by atoms with van der Waals surface area (Å²) in [5.41, 5.74) is -0.245. The molecule has 23 heavy (non-hydrogen) atoms. The number of hydrogen-bond acceptors (Lipinski definition) is 5. The van der Waals surface area contributed by atoms with Gasteiger partial charge in [-0.25, -0.2) is 12.8 Å². The molecule has 2 rings (SSSR count). The van der Waals surface area contributed by atoms with E-state index in [1.54, 1.807) is 12.1 Å². The van der Waals surface area contributed by atoms with Crippen LogP contribution in [0.2, 0.25) is 0 Å². The predicted molar refractivity (Wildman–Crippen MR) is 79.2 cm³/mol. The maximum Gasteiger partial charge on any atom is 0.264 e. The number of carbonyl (C=O) groups excluding carboxylic acids is 1. The number of nitrogens with one attached hydrogen (secondary N) is 1. The third-order valence-electron chi connectivity index (χ3n) is 2.87. The number of carboxylic acids is 1. The van der Waals surface area contributed by atoms with Crippen molar-refractivity contribution < 1.29 is 27.4 Å². The fourth-order valence-electron chi connectivity index (χ4n) is 1.83. The van der Waals surface area contributed by atoms with Crippen LogP contribution in [0.15, 0.2) is 47.4 Å². The third-order valence-corrected chi connectivity index (χ3v) is 4.27. The van der Waals surface area contributed by atoms with E-state index < -0.39 is 32.3 Å². The molecule has 122 valence electrons. The summed E-state index contributed by atoms with van der Waals surface area (Å²) >= 11 is 0. The first-order valence-corrected chi connectivity index (χ1v) is 8.08. The lowest BCUT2D eigenvalue weighted by Gasteiger charge is -2.11. The first-order valence-electron chi connectivity index (χ1n) is 6.60. The smallest absolute Gasteiger partial charge is 0.264 e. The molecule has 0 spiro atoms. The summed E-state index contributed by atoms with van der Waals surface area (Å²) in [7, 11) is -4.28. The van der Waals surface area contributed by atoms with Gasteiger partial charge in [-0.3, -0.25) is 4.72 Å². The number of ether oxygens (including phenoxy) is 1. The quantitative estimate of drug-likeness (QED) is 0.859. The van der Waals surface area contributed by atoms with Crippen molar-refractivity contribution in [3.8, 4) is 5.75 Å². The molecule has 0 fully saturated rings. The summed E-state index contributed by atoms with van der Waals surface area (Å²) in [5, 5.41) is 10.8. The van der Waals surface area contributed by atoms with Gasteiger partial charge >= 0.3 is 0 Å². The number of rotatable bonds is 6. The van der Waals surface area contributed by atoms with Crippen molar-refractivity contribution in [2.24, 2.45) is 0 Å². The Morgan fingerprint density at radius 2 is 1.87 bits per heavy atom. The second-order valence-corrected chi connectivity index (χ2v) is 6.15. The highest BCUT2D eigenvalue weighted by Gasteiger charge is 2.20. The average Bonchev–Trinajstić information content (AvgIpc) is 2.49. The van der Waals surface area contributed by atoms with Gasteiger partial charge in [0, 0.05) is 5.69 Å². The van der Waals surface area contributed by atoms with Crippen LogP contribution in [0, 0.1) is 5.82 Å². The molecule has 0 saturated carbocycles. The second-order valence-electron chi connectivity index (χ2n) is 4.50. The summed E-state index contributed by atoms with van der Waals surface area (Å²) in [5.74, 6) is -2.10. The maximum absolute atomic E-state index is 13.7. The Balaban J connectivity index is 2.31. The molecule has 0 saturated heterocycles. The molecule has 1 N–H and O–H groups in total. The number of anilines is 1. The molecule has 0 aliphatic heterocycles. The van der Waals surface area contributed by atoms with E-state index in [0.29, 0.717) is 18.4 Å². The van der Waals surface area contributed by atoms with Crippen molar-refractivity contribution >= 4 is 21.7 Å². The molecule has 0 bridgehead atoms. The molecule has 0 radical (unpaired) electrons. The van der Waals surface area contributed by atoms with Gasteiger partial charge in [0.15, 0.2) is 0 Å². The van der Waals surface area contributed by atoms with Gasteiger partial charge < -0.3 is 14.6 Å². The fourth-order valence-corrected chi connectivity index (χ4v) is 3.00. The van der Waals surface area contributed by atoms with E-state index in [4.69, 9.17) is 4.74 Å². The standard InChI is InChI=1S/C15H14FNO5S/c1-2-22-12-6-4-11(5-7-12)17-23(20,21)14-9-10(15(18)19)3-8-13(14)16/h3-9,17H,2H2,1H3,(H,18,19)/p-1. The van der Waals surface area contributed by atoms with Crippen molar-refractivity contribution in [1.82, 2.24) is 0 Å².